The molecule has 5 nitrogen and oxygen atoms in total. The van der Waals surface area contributed by atoms with Gasteiger partial charge >= 0.3 is 0 Å². The third-order valence-corrected chi connectivity index (χ3v) is 3.47. The Morgan fingerprint density at radius 2 is 1.96 bits per heavy atom. The maximum atomic E-state index is 5.99. The number of ether oxygens (including phenoxy) is 1. The number of aliphatic imine (C=N–C) groups is 1. The molecule has 0 unspecified atom stereocenters. The van der Waals surface area contributed by atoms with E-state index in [0.29, 0.717) is 24.3 Å². The number of nitrogens with zero attached hydrogens (tertiary/aromatic N) is 2. The number of hydrogen-bond acceptors (Lipinski definition) is 3. The molecule has 0 saturated heterocycles. The number of benzene rings is 1. The third kappa shape index (κ3) is 7.59. The van der Waals surface area contributed by atoms with Crippen molar-refractivity contribution < 1.29 is 4.74 Å². The molecule has 1 aromatic carbocycles. The lowest BCUT2D eigenvalue weighted by atomic mass is 10.0. The minimum atomic E-state index is -0.258. The van der Waals surface area contributed by atoms with Gasteiger partial charge in [0, 0.05) is 18.0 Å². The Hall–Kier alpha value is -1.83. The number of anilines is 1. The van der Waals surface area contributed by atoms with E-state index in [1.807, 2.05) is 45.0 Å². The highest BCUT2D eigenvalue weighted by Gasteiger charge is 2.12. The molecule has 0 aliphatic heterocycles. The lowest BCUT2D eigenvalue weighted by molar-refractivity contribution is 0.124. The normalized spacial score (nSPS) is 11.8. The van der Waals surface area contributed by atoms with Crippen molar-refractivity contribution in [3.8, 4) is 5.88 Å². The first kappa shape index (κ1) is 22.2. The maximum Gasteiger partial charge on any atom is 0.213 e. The zero-order valence-corrected chi connectivity index (χ0v) is 18.4. The molecule has 6 heteroatoms. The molecule has 3 N–H and O–H groups in total. The van der Waals surface area contributed by atoms with Gasteiger partial charge in [-0.1, -0.05) is 32.0 Å². The van der Waals surface area contributed by atoms with E-state index in [9.17, 15) is 0 Å². The van der Waals surface area contributed by atoms with Crippen LogP contribution in [-0.2, 0) is 6.54 Å². The first-order valence-corrected chi connectivity index (χ1v) is 8.54. The zero-order valence-electron chi connectivity index (χ0n) is 16.1. The standard InChI is InChI=1S/C20H28N4O.HI/c1-14(2)16-7-6-8-17(11-16)24-19(21)23-13-15-9-10-18(22-12-15)25-20(3,4)5;/h6-12,14H,13H2,1-5H3,(H3,21,23,24);1H. The van der Waals surface area contributed by atoms with Crippen LogP contribution in [0.2, 0.25) is 0 Å². The summed E-state index contributed by atoms with van der Waals surface area (Å²) in [6.45, 7) is 10.8. The average Bonchev–Trinajstić information content (AvgIpc) is 2.53. The van der Waals surface area contributed by atoms with Gasteiger partial charge in [-0.15, -0.1) is 24.0 Å². The number of guanidine groups is 1. The Balaban J connectivity index is 0.00000338. The Labute approximate surface area is 173 Å². The van der Waals surface area contributed by atoms with E-state index >= 15 is 0 Å². The van der Waals surface area contributed by atoms with E-state index in [-0.39, 0.29) is 29.6 Å². The number of aromatic nitrogens is 1. The number of hydrogen-bond donors (Lipinski definition) is 2. The summed E-state index contributed by atoms with van der Waals surface area (Å²) < 4.78 is 5.71. The van der Waals surface area contributed by atoms with E-state index in [0.717, 1.165) is 11.3 Å². The van der Waals surface area contributed by atoms with Crippen LogP contribution >= 0.6 is 24.0 Å². The van der Waals surface area contributed by atoms with Crippen molar-refractivity contribution in [2.45, 2.75) is 52.7 Å². The highest BCUT2D eigenvalue weighted by atomic mass is 127. The van der Waals surface area contributed by atoms with Gasteiger partial charge < -0.3 is 15.8 Å². The molecule has 26 heavy (non-hydrogen) atoms. The summed E-state index contributed by atoms with van der Waals surface area (Å²) in [6, 6.07) is 12.0. The predicted molar refractivity (Wildman–Crippen MR) is 120 cm³/mol. The Bertz CT molecular complexity index is 721. The van der Waals surface area contributed by atoms with E-state index < -0.39 is 0 Å². The van der Waals surface area contributed by atoms with Crippen LogP contribution in [0.5, 0.6) is 5.88 Å². The van der Waals surface area contributed by atoms with Crippen LogP contribution < -0.4 is 15.8 Å². The van der Waals surface area contributed by atoms with Gasteiger partial charge in [-0.25, -0.2) is 9.98 Å². The van der Waals surface area contributed by atoms with E-state index in [4.69, 9.17) is 10.5 Å². The molecule has 0 aliphatic rings. The van der Waals surface area contributed by atoms with Crippen LogP contribution in [0, 0.1) is 0 Å². The van der Waals surface area contributed by atoms with Gasteiger partial charge in [-0.05, 0) is 49.9 Å². The summed E-state index contributed by atoms with van der Waals surface area (Å²) in [7, 11) is 0. The molecular formula is C20H29IN4O. The van der Waals surface area contributed by atoms with Crippen LogP contribution in [0.1, 0.15) is 51.7 Å². The van der Waals surface area contributed by atoms with Gasteiger partial charge in [0.1, 0.15) is 5.60 Å². The minimum absolute atomic E-state index is 0. The maximum absolute atomic E-state index is 5.99. The molecule has 2 rings (SSSR count). The van der Waals surface area contributed by atoms with E-state index in [2.05, 4.69) is 41.3 Å². The molecule has 1 aromatic heterocycles. The number of nitrogens with two attached hydrogens (primary N) is 1. The fourth-order valence-electron chi connectivity index (χ4n) is 2.22. The second-order valence-electron chi connectivity index (χ2n) is 7.33. The molecule has 1 heterocycles. The van der Waals surface area contributed by atoms with Gasteiger partial charge in [-0.2, -0.15) is 0 Å². The Morgan fingerprint density at radius 3 is 2.54 bits per heavy atom. The van der Waals surface area contributed by atoms with Crippen LogP contribution in [0.15, 0.2) is 47.6 Å². The predicted octanol–water partition coefficient (Wildman–Crippen LogP) is 4.93. The van der Waals surface area contributed by atoms with Crippen molar-refractivity contribution in [3.63, 3.8) is 0 Å². The topological polar surface area (TPSA) is 72.5 Å². The molecule has 2 aromatic rings. The summed E-state index contributed by atoms with van der Waals surface area (Å²) >= 11 is 0. The Morgan fingerprint density at radius 1 is 1.23 bits per heavy atom. The minimum Gasteiger partial charge on any atom is -0.472 e. The van der Waals surface area contributed by atoms with E-state index in [1.54, 1.807) is 6.20 Å². The molecule has 0 atom stereocenters. The first-order valence-electron chi connectivity index (χ1n) is 8.54. The smallest absolute Gasteiger partial charge is 0.213 e. The summed E-state index contributed by atoms with van der Waals surface area (Å²) in [5.41, 5.74) is 8.91. The molecule has 0 aliphatic carbocycles. The van der Waals surface area contributed by atoms with Crippen molar-refractivity contribution in [1.29, 1.82) is 0 Å². The van der Waals surface area contributed by atoms with Crippen LogP contribution in [0.3, 0.4) is 0 Å². The average molecular weight is 468 g/mol. The molecular weight excluding hydrogens is 439 g/mol. The number of halogens is 1. The lowest BCUT2D eigenvalue weighted by Gasteiger charge is -2.20. The van der Waals surface area contributed by atoms with Crippen molar-refractivity contribution in [2.24, 2.45) is 10.7 Å². The van der Waals surface area contributed by atoms with E-state index in [1.165, 1.54) is 5.56 Å². The van der Waals surface area contributed by atoms with Crippen molar-refractivity contribution in [2.75, 3.05) is 5.32 Å². The quantitative estimate of drug-likeness (QED) is 0.371. The van der Waals surface area contributed by atoms with Crippen LogP contribution in [0.25, 0.3) is 0 Å². The molecule has 0 saturated carbocycles. The van der Waals surface area contributed by atoms with Crippen molar-refractivity contribution in [1.82, 2.24) is 4.98 Å². The molecule has 142 valence electrons. The van der Waals surface area contributed by atoms with Crippen molar-refractivity contribution >= 4 is 35.6 Å². The highest BCUT2D eigenvalue weighted by Crippen LogP contribution is 2.18. The fraction of sp³-hybridized carbons (Fsp3) is 0.400. The molecule has 0 spiro atoms. The summed E-state index contributed by atoms with van der Waals surface area (Å²) in [5.74, 6) is 1.47. The molecule has 0 radical (unpaired) electrons. The third-order valence-electron chi connectivity index (χ3n) is 3.47. The zero-order chi connectivity index (χ0) is 18.4. The second-order valence-corrected chi connectivity index (χ2v) is 7.33. The van der Waals surface area contributed by atoms with Gasteiger partial charge in [0.2, 0.25) is 5.88 Å². The summed E-state index contributed by atoms with van der Waals surface area (Å²) in [5, 5.41) is 3.13. The Kier molecular flexibility index (Phi) is 8.33. The first-order chi connectivity index (χ1) is 11.7. The second kappa shape index (κ2) is 9.75. The van der Waals surface area contributed by atoms with Gasteiger partial charge in [0.15, 0.2) is 5.96 Å². The van der Waals surface area contributed by atoms with Gasteiger partial charge in [0.25, 0.3) is 0 Å². The van der Waals surface area contributed by atoms with Gasteiger partial charge in [-0.3, -0.25) is 0 Å². The van der Waals surface area contributed by atoms with Gasteiger partial charge in [0.05, 0.1) is 6.54 Å². The summed E-state index contributed by atoms with van der Waals surface area (Å²) in [6.07, 6.45) is 1.76. The molecule has 0 bridgehead atoms. The fourth-order valence-corrected chi connectivity index (χ4v) is 2.22. The SMILES string of the molecule is CC(C)c1cccc(NC(N)=NCc2ccc(OC(C)(C)C)nc2)c1.I. The number of rotatable bonds is 5. The summed E-state index contributed by atoms with van der Waals surface area (Å²) in [4.78, 5) is 8.68. The molecule has 0 amide bonds. The lowest BCUT2D eigenvalue weighted by Crippen LogP contribution is -2.23. The van der Waals surface area contributed by atoms with Crippen molar-refractivity contribution in [3.05, 3.63) is 53.7 Å². The van der Waals surface area contributed by atoms with Crippen LogP contribution in [-0.4, -0.2) is 16.5 Å². The monoisotopic (exact) mass is 468 g/mol. The molecule has 0 fully saturated rings. The number of pyridine rings is 1. The van der Waals surface area contributed by atoms with Crippen LogP contribution in [0.4, 0.5) is 5.69 Å². The largest absolute Gasteiger partial charge is 0.472 e. The number of nitrogens with one attached hydrogen (secondary N) is 1. The highest BCUT2D eigenvalue weighted by molar-refractivity contribution is 14.0.